The molecule has 10 heteroatoms. The summed E-state index contributed by atoms with van der Waals surface area (Å²) in [5.41, 5.74) is 1.33. The lowest BCUT2D eigenvalue weighted by molar-refractivity contribution is -0.136. The summed E-state index contributed by atoms with van der Waals surface area (Å²) >= 11 is 0. The minimum absolute atomic E-state index is 0.152. The van der Waals surface area contributed by atoms with E-state index in [1.54, 1.807) is 25.7 Å². The largest absolute Gasteiger partial charge is 0.444 e. The van der Waals surface area contributed by atoms with Gasteiger partial charge >= 0.3 is 6.09 Å². The van der Waals surface area contributed by atoms with Crippen molar-refractivity contribution < 1.29 is 23.9 Å². The number of hydrogen-bond acceptors (Lipinski definition) is 5. The summed E-state index contributed by atoms with van der Waals surface area (Å²) in [6, 6.07) is 7.39. The molecule has 0 radical (unpaired) electrons. The molecular formula is C29H41N5O5. The molecule has 2 fully saturated rings. The molecule has 212 valence electrons. The monoisotopic (exact) mass is 539 g/mol. The number of amides is 4. The molecule has 1 atom stereocenters. The van der Waals surface area contributed by atoms with Gasteiger partial charge in [-0.3, -0.25) is 14.4 Å². The Balaban J connectivity index is 1.32. The lowest BCUT2D eigenvalue weighted by Gasteiger charge is -2.32. The average molecular weight is 540 g/mol. The number of aromatic amines is 1. The highest BCUT2D eigenvalue weighted by atomic mass is 16.6. The SMILES string of the molecule is CC(C)(C)OC(=O)NCC(=O)N1CCC(C(=O)N[C@@H](Cc2c[nH]c3ccccc23)C(=O)NC2CCCC2)CC1. The van der Waals surface area contributed by atoms with E-state index in [1.807, 2.05) is 30.5 Å². The van der Waals surface area contributed by atoms with Crippen LogP contribution < -0.4 is 16.0 Å². The fourth-order valence-corrected chi connectivity index (χ4v) is 5.36. The van der Waals surface area contributed by atoms with Gasteiger partial charge in [-0.25, -0.2) is 4.79 Å². The fraction of sp³-hybridized carbons (Fsp3) is 0.586. The van der Waals surface area contributed by atoms with Gasteiger partial charge in [0.05, 0.1) is 0 Å². The van der Waals surface area contributed by atoms with Crippen molar-refractivity contribution in [3.63, 3.8) is 0 Å². The van der Waals surface area contributed by atoms with Crippen molar-refractivity contribution in [3.8, 4) is 0 Å². The molecule has 4 rings (SSSR count). The highest BCUT2D eigenvalue weighted by molar-refractivity contribution is 5.90. The van der Waals surface area contributed by atoms with Gasteiger partial charge in [0.15, 0.2) is 0 Å². The van der Waals surface area contributed by atoms with Crippen LogP contribution in [0, 0.1) is 5.92 Å². The molecule has 1 aliphatic heterocycles. The third-order valence-corrected chi connectivity index (χ3v) is 7.43. The van der Waals surface area contributed by atoms with Gasteiger partial charge in [-0.15, -0.1) is 0 Å². The van der Waals surface area contributed by atoms with Gasteiger partial charge in [0.25, 0.3) is 0 Å². The summed E-state index contributed by atoms with van der Waals surface area (Å²) in [6.07, 6.45) is 6.79. The van der Waals surface area contributed by atoms with E-state index in [2.05, 4.69) is 20.9 Å². The smallest absolute Gasteiger partial charge is 0.408 e. The fourth-order valence-electron chi connectivity index (χ4n) is 5.36. The number of H-pyrrole nitrogens is 1. The van der Waals surface area contributed by atoms with E-state index >= 15 is 0 Å². The van der Waals surface area contributed by atoms with E-state index in [0.717, 1.165) is 42.1 Å². The second-order valence-corrected chi connectivity index (χ2v) is 11.6. The molecule has 4 N–H and O–H groups in total. The number of likely N-dealkylation sites (tertiary alicyclic amines) is 1. The maximum Gasteiger partial charge on any atom is 0.408 e. The van der Waals surface area contributed by atoms with E-state index in [0.29, 0.717) is 32.4 Å². The molecule has 0 bridgehead atoms. The van der Waals surface area contributed by atoms with E-state index in [4.69, 9.17) is 4.74 Å². The maximum atomic E-state index is 13.3. The zero-order valence-corrected chi connectivity index (χ0v) is 23.2. The van der Waals surface area contributed by atoms with Crippen LogP contribution in [0.2, 0.25) is 0 Å². The predicted molar refractivity (Wildman–Crippen MR) is 148 cm³/mol. The Labute approximate surface area is 229 Å². The molecule has 1 aromatic carbocycles. The molecule has 1 saturated carbocycles. The Morgan fingerprint density at radius 1 is 1.05 bits per heavy atom. The number of benzene rings is 1. The van der Waals surface area contributed by atoms with Crippen molar-refractivity contribution in [3.05, 3.63) is 36.0 Å². The van der Waals surface area contributed by atoms with Gasteiger partial charge in [0.1, 0.15) is 18.2 Å². The molecule has 2 heterocycles. The first-order valence-electron chi connectivity index (χ1n) is 14.0. The van der Waals surface area contributed by atoms with Crippen LogP contribution in [0.25, 0.3) is 10.9 Å². The minimum atomic E-state index is -0.685. The first-order chi connectivity index (χ1) is 18.6. The van der Waals surface area contributed by atoms with Crippen LogP contribution in [0.15, 0.2) is 30.5 Å². The molecule has 10 nitrogen and oxygen atoms in total. The van der Waals surface area contributed by atoms with Crippen LogP contribution in [0.4, 0.5) is 4.79 Å². The number of ether oxygens (including phenoxy) is 1. The van der Waals surface area contributed by atoms with Gasteiger partial charge in [-0.05, 0) is 58.1 Å². The summed E-state index contributed by atoms with van der Waals surface area (Å²) in [5, 5.41) is 9.71. The van der Waals surface area contributed by atoms with Crippen LogP contribution in [0.5, 0.6) is 0 Å². The Hall–Kier alpha value is -3.56. The van der Waals surface area contributed by atoms with Gasteiger partial charge in [0, 0.05) is 48.6 Å². The number of aromatic nitrogens is 1. The van der Waals surface area contributed by atoms with Gasteiger partial charge < -0.3 is 30.6 Å². The Morgan fingerprint density at radius 2 is 1.74 bits per heavy atom. The zero-order valence-electron chi connectivity index (χ0n) is 23.2. The third-order valence-electron chi connectivity index (χ3n) is 7.43. The van der Waals surface area contributed by atoms with Crippen LogP contribution in [-0.4, -0.2) is 71.0 Å². The molecular weight excluding hydrogens is 498 g/mol. The van der Waals surface area contributed by atoms with E-state index < -0.39 is 17.7 Å². The topological polar surface area (TPSA) is 133 Å². The number of hydrogen-bond donors (Lipinski definition) is 4. The quantitative estimate of drug-likeness (QED) is 0.409. The molecule has 1 saturated heterocycles. The van der Waals surface area contributed by atoms with E-state index in [-0.39, 0.29) is 36.2 Å². The van der Waals surface area contributed by atoms with Crippen molar-refractivity contribution in [1.29, 1.82) is 0 Å². The first kappa shape index (κ1) is 28.4. The summed E-state index contributed by atoms with van der Waals surface area (Å²) in [4.78, 5) is 55.9. The number of para-hydroxylation sites is 1. The third kappa shape index (κ3) is 7.97. The second-order valence-electron chi connectivity index (χ2n) is 11.6. The van der Waals surface area contributed by atoms with Crippen molar-refractivity contribution in [1.82, 2.24) is 25.8 Å². The number of rotatable bonds is 8. The Kier molecular flexibility index (Phi) is 9.14. The van der Waals surface area contributed by atoms with Crippen LogP contribution in [-0.2, 0) is 25.5 Å². The predicted octanol–water partition coefficient (Wildman–Crippen LogP) is 3.02. The van der Waals surface area contributed by atoms with Crippen LogP contribution >= 0.6 is 0 Å². The Morgan fingerprint density at radius 3 is 2.44 bits per heavy atom. The molecule has 4 amide bonds. The maximum absolute atomic E-state index is 13.3. The first-order valence-corrected chi connectivity index (χ1v) is 14.0. The highest BCUT2D eigenvalue weighted by Crippen LogP contribution is 2.22. The molecule has 1 aliphatic carbocycles. The number of fused-ring (bicyclic) bond motifs is 1. The second kappa shape index (κ2) is 12.5. The molecule has 0 spiro atoms. The summed E-state index contributed by atoms with van der Waals surface area (Å²) < 4.78 is 5.17. The summed E-state index contributed by atoms with van der Waals surface area (Å²) in [6.45, 7) is 5.94. The number of nitrogens with one attached hydrogen (secondary N) is 4. The normalized spacial score (nSPS) is 17.6. The number of nitrogens with zero attached hydrogens (tertiary/aromatic N) is 1. The molecule has 2 aromatic rings. The number of piperidine rings is 1. The molecule has 0 unspecified atom stereocenters. The Bertz CT molecular complexity index is 1170. The lowest BCUT2D eigenvalue weighted by Crippen LogP contribution is -2.53. The van der Waals surface area contributed by atoms with Gasteiger partial charge in [0.2, 0.25) is 17.7 Å². The van der Waals surface area contributed by atoms with Crippen molar-refractivity contribution >= 4 is 34.7 Å². The lowest BCUT2D eigenvalue weighted by atomic mass is 9.94. The van der Waals surface area contributed by atoms with Gasteiger partial charge in [-0.1, -0.05) is 31.0 Å². The standard InChI is InChI=1S/C29H41N5O5/c1-29(2,3)39-28(38)31-18-25(35)34-14-12-19(13-15-34)26(36)33-24(27(37)32-21-8-4-5-9-21)16-20-17-30-23-11-7-6-10-22(20)23/h6-7,10-11,17,19,21,24,30H,4-5,8-9,12-16,18H2,1-3H3,(H,31,38)(H,32,37)(H,33,36)/t24-/m0/s1. The molecule has 2 aliphatic rings. The van der Waals surface area contributed by atoms with Crippen LogP contribution in [0.1, 0.15) is 64.9 Å². The van der Waals surface area contributed by atoms with E-state index in [1.165, 1.54) is 0 Å². The number of carbonyl (C=O) groups is 4. The van der Waals surface area contributed by atoms with Crippen LogP contribution in [0.3, 0.4) is 0 Å². The van der Waals surface area contributed by atoms with E-state index in [9.17, 15) is 19.2 Å². The molecule has 1 aromatic heterocycles. The summed E-state index contributed by atoms with van der Waals surface area (Å²) in [5.74, 6) is -0.827. The highest BCUT2D eigenvalue weighted by Gasteiger charge is 2.32. The average Bonchev–Trinajstić information content (AvgIpc) is 3.56. The summed E-state index contributed by atoms with van der Waals surface area (Å²) in [7, 11) is 0. The number of carbonyl (C=O) groups excluding carboxylic acids is 4. The van der Waals surface area contributed by atoms with Crippen molar-refractivity contribution in [2.24, 2.45) is 5.92 Å². The number of alkyl carbamates (subject to hydrolysis) is 1. The zero-order chi connectivity index (χ0) is 28.0. The van der Waals surface area contributed by atoms with Crippen molar-refractivity contribution in [2.75, 3.05) is 19.6 Å². The molecule has 39 heavy (non-hydrogen) atoms. The van der Waals surface area contributed by atoms with Gasteiger partial charge in [-0.2, -0.15) is 0 Å². The minimum Gasteiger partial charge on any atom is -0.444 e. The van der Waals surface area contributed by atoms with Crippen molar-refractivity contribution in [2.45, 2.75) is 83.4 Å².